The van der Waals surface area contributed by atoms with Crippen LogP contribution in [0.15, 0.2) is 12.7 Å². The van der Waals surface area contributed by atoms with Crippen molar-refractivity contribution in [3.8, 4) is 0 Å². The Labute approximate surface area is 83.7 Å². The molecule has 1 unspecified atom stereocenters. The molecule has 14 heavy (non-hydrogen) atoms. The Morgan fingerprint density at radius 3 is 2.93 bits per heavy atom. The van der Waals surface area contributed by atoms with Gasteiger partial charge in [-0.1, -0.05) is 6.08 Å². The maximum absolute atomic E-state index is 11.2. The summed E-state index contributed by atoms with van der Waals surface area (Å²) in [4.78, 5) is 11.2. The minimum absolute atomic E-state index is 0.0328. The van der Waals surface area contributed by atoms with Crippen LogP contribution in [0.3, 0.4) is 0 Å². The topological polar surface area (TPSA) is 50.4 Å². The molecule has 0 radical (unpaired) electrons. The number of carbonyl (C=O) groups excluding carboxylic acids is 1. The van der Waals surface area contributed by atoms with Crippen LogP contribution >= 0.6 is 0 Å². The van der Waals surface area contributed by atoms with Crippen molar-refractivity contribution in [3.05, 3.63) is 12.7 Å². The van der Waals surface area contributed by atoms with Crippen LogP contribution in [0.2, 0.25) is 0 Å². The lowest BCUT2D eigenvalue weighted by atomic mass is 9.82. The SMILES string of the molecule is C=CCC1OC(=O)NC12CCNCC2. The molecule has 2 saturated heterocycles. The summed E-state index contributed by atoms with van der Waals surface area (Å²) < 4.78 is 5.25. The maximum Gasteiger partial charge on any atom is 0.408 e. The smallest absolute Gasteiger partial charge is 0.408 e. The predicted octanol–water partition coefficient (Wildman–Crippen LogP) is 0.793. The van der Waals surface area contributed by atoms with Gasteiger partial charge >= 0.3 is 6.09 Å². The third kappa shape index (κ3) is 1.50. The van der Waals surface area contributed by atoms with Gasteiger partial charge in [0.1, 0.15) is 6.10 Å². The van der Waals surface area contributed by atoms with Crippen LogP contribution in [-0.4, -0.2) is 30.8 Å². The van der Waals surface area contributed by atoms with Crippen LogP contribution < -0.4 is 10.6 Å². The van der Waals surface area contributed by atoms with Crippen molar-refractivity contribution >= 4 is 6.09 Å². The van der Waals surface area contributed by atoms with Gasteiger partial charge in [0, 0.05) is 6.42 Å². The molecule has 4 nitrogen and oxygen atoms in total. The zero-order valence-electron chi connectivity index (χ0n) is 8.21. The fourth-order valence-electron chi connectivity index (χ4n) is 2.30. The van der Waals surface area contributed by atoms with Crippen molar-refractivity contribution in [3.63, 3.8) is 0 Å². The molecule has 0 aromatic heterocycles. The first-order valence-electron chi connectivity index (χ1n) is 5.07. The Bertz CT molecular complexity index is 247. The first-order chi connectivity index (χ1) is 6.77. The molecule has 0 aliphatic carbocycles. The molecule has 2 heterocycles. The second-order valence-corrected chi connectivity index (χ2v) is 3.95. The normalized spacial score (nSPS) is 29.7. The Morgan fingerprint density at radius 1 is 1.57 bits per heavy atom. The number of cyclic esters (lactones) is 1. The number of ether oxygens (including phenoxy) is 1. The molecule has 0 saturated carbocycles. The second-order valence-electron chi connectivity index (χ2n) is 3.95. The van der Waals surface area contributed by atoms with Crippen molar-refractivity contribution in [1.82, 2.24) is 10.6 Å². The highest BCUT2D eigenvalue weighted by Gasteiger charge is 2.48. The molecule has 2 fully saturated rings. The van der Waals surface area contributed by atoms with Gasteiger partial charge in [0.15, 0.2) is 0 Å². The zero-order valence-corrected chi connectivity index (χ0v) is 8.21. The highest BCUT2D eigenvalue weighted by Crippen LogP contribution is 2.31. The van der Waals surface area contributed by atoms with Gasteiger partial charge in [0.05, 0.1) is 5.54 Å². The summed E-state index contributed by atoms with van der Waals surface area (Å²) in [5, 5.41) is 6.24. The number of alkyl carbamates (subject to hydrolysis) is 1. The van der Waals surface area contributed by atoms with Crippen LogP contribution in [-0.2, 0) is 4.74 Å². The lowest BCUT2D eigenvalue weighted by Crippen LogP contribution is -2.54. The number of carbonyl (C=O) groups is 1. The Balaban J connectivity index is 2.12. The maximum atomic E-state index is 11.2. The fraction of sp³-hybridized carbons (Fsp3) is 0.700. The average molecular weight is 196 g/mol. The van der Waals surface area contributed by atoms with Gasteiger partial charge < -0.3 is 15.4 Å². The van der Waals surface area contributed by atoms with Gasteiger partial charge in [-0.05, 0) is 25.9 Å². The third-order valence-corrected chi connectivity index (χ3v) is 3.09. The summed E-state index contributed by atoms with van der Waals surface area (Å²) in [7, 11) is 0. The van der Waals surface area contributed by atoms with Crippen LogP contribution in [0.25, 0.3) is 0 Å². The molecule has 0 aromatic rings. The van der Waals surface area contributed by atoms with E-state index in [1.54, 1.807) is 0 Å². The monoisotopic (exact) mass is 196 g/mol. The van der Waals surface area contributed by atoms with Crippen LogP contribution in [0, 0.1) is 0 Å². The highest BCUT2D eigenvalue weighted by molar-refractivity contribution is 5.71. The molecular weight excluding hydrogens is 180 g/mol. The molecular formula is C10H16N2O2. The molecule has 2 aliphatic heterocycles. The van der Waals surface area contributed by atoms with E-state index in [0.717, 1.165) is 32.4 Å². The van der Waals surface area contributed by atoms with E-state index >= 15 is 0 Å². The largest absolute Gasteiger partial charge is 0.443 e. The van der Waals surface area contributed by atoms with E-state index in [4.69, 9.17) is 4.74 Å². The zero-order chi connectivity index (χ0) is 10.0. The molecule has 78 valence electrons. The lowest BCUT2D eigenvalue weighted by molar-refractivity contribution is 0.0956. The summed E-state index contributed by atoms with van der Waals surface area (Å²) in [6.07, 6.45) is 4.12. The average Bonchev–Trinajstić information content (AvgIpc) is 2.45. The quantitative estimate of drug-likeness (QED) is 0.642. The van der Waals surface area contributed by atoms with Gasteiger partial charge in [0.25, 0.3) is 0 Å². The fourth-order valence-corrected chi connectivity index (χ4v) is 2.30. The van der Waals surface area contributed by atoms with Gasteiger partial charge in [0.2, 0.25) is 0 Å². The molecule has 1 amide bonds. The minimum atomic E-state index is -0.279. The summed E-state index contributed by atoms with van der Waals surface area (Å²) in [5.74, 6) is 0. The summed E-state index contributed by atoms with van der Waals surface area (Å²) in [6, 6.07) is 0. The molecule has 0 aromatic carbocycles. The Kier molecular flexibility index (Phi) is 2.46. The second kappa shape index (κ2) is 3.61. The van der Waals surface area contributed by atoms with E-state index in [-0.39, 0.29) is 17.7 Å². The van der Waals surface area contributed by atoms with E-state index in [0.29, 0.717) is 0 Å². The van der Waals surface area contributed by atoms with Crippen LogP contribution in [0.4, 0.5) is 4.79 Å². The van der Waals surface area contributed by atoms with Gasteiger partial charge in [-0.2, -0.15) is 0 Å². The lowest BCUT2D eigenvalue weighted by Gasteiger charge is -2.35. The molecule has 1 atom stereocenters. The number of piperidine rings is 1. The Hall–Kier alpha value is -1.03. The van der Waals surface area contributed by atoms with Crippen molar-refractivity contribution in [2.24, 2.45) is 0 Å². The first-order valence-corrected chi connectivity index (χ1v) is 5.07. The number of amides is 1. The highest BCUT2D eigenvalue weighted by atomic mass is 16.6. The van der Waals surface area contributed by atoms with E-state index in [1.165, 1.54) is 0 Å². The van der Waals surface area contributed by atoms with E-state index in [1.807, 2.05) is 6.08 Å². The third-order valence-electron chi connectivity index (χ3n) is 3.09. The number of nitrogens with one attached hydrogen (secondary N) is 2. The predicted molar refractivity (Wildman–Crippen MR) is 53.1 cm³/mol. The Morgan fingerprint density at radius 2 is 2.29 bits per heavy atom. The summed E-state index contributed by atoms with van der Waals surface area (Å²) in [6.45, 7) is 5.58. The molecule has 4 heteroatoms. The van der Waals surface area contributed by atoms with E-state index in [9.17, 15) is 4.79 Å². The summed E-state index contributed by atoms with van der Waals surface area (Å²) >= 11 is 0. The van der Waals surface area contributed by atoms with E-state index in [2.05, 4.69) is 17.2 Å². The van der Waals surface area contributed by atoms with Crippen molar-refractivity contribution in [2.75, 3.05) is 13.1 Å². The standard InChI is InChI=1S/C10H16N2O2/c1-2-3-8-10(12-9(13)14-8)4-6-11-7-5-10/h2,8,11H,1,3-7H2,(H,12,13). The molecule has 1 spiro atoms. The van der Waals surface area contributed by atoms with Crippen LogP contribution in [0.1, 0.15) is 19.3 Å². The number of hydrogen-bond acceptors (Lipinski definition) is 3. The van der Waals surface area contributed by atoms with Crippen molar-refractivity contribution in [2.45, 2.75) is 30.9 Å². The van der Waals surface area contributed by atoms with Gasteiger partial charge in [-0.3, -0.25) is 0 Å². The molecule has 0 bridgehead atoms. The number of rotatable bonds is 2. The van der Waals surface area contributed by atoms with Gasteiger partial charge in [-0.25, -0.2) is 4.79 Å². The van der Waals surface area contributed by atoms with Gasteiger partial charge in [-0.15, -0.1) is 6.58 Å². The van der Waals surface area contributed by atoms with Crippen LogP contribution in [0.5, 0.6) is 0 Å². The first kappa shape index (κ1) is 9.52. The van der Waals surface area contributed by atoms with E-state index < -0.39 is 0 Å². The number of hydrogen-bond donors (Lipinski definition) is 2. The minimum Gasteiger partial charge on any atom is -0.443 e. The molecule has 2 aliphatic rings. The summed E-state index contributed by atoms with van der Waals surface area (Å²) in [5.41, 5.74) is -0.142. The van der Waals surface area contributed by atoms with Crippen molar-refractivity contribution in [1.29, 1.82) is 0 Å². The van der Waals surface area contributed by atoms with Crippen molar-refractivity contribution < 1.29 is 9.53 Å². The molecule has 2 rings (SSSR count). The molecule has 2 N–H and O–H groups in total.